The van der Waals surface area contributed by atoms with Gasteiger partial charge in [-0.3, -0.25) is 0 Å². The number of nitrogens with one attached hydrogen (secondary N) is 1. The average molecular weight is 417 g/mol. The molecule has 1 aromatic carbocycles. The van der Waals surface area contributed by atoms with Gasteiger partial charge in [0, 0.05) is 28.1 Å². The highest BCUT2D eigenvalue weighted by Gasteiger charge is 2.17. The molecule has 0 saturated heterocycles. The highest BCUT2D eigenvalue weighted by Crippen LogP contribution is 2.32. The van der Waals surface area contributed by atoms with Crippen LogP contribution in [0.25, 0.3) is 0 Å². The Kier molecular flexibility index (Phi) is 7.91. The summed E-state index contributed by atoms with van der Waals surface area (Å²) in [5, 5.41) is 3.44. The molecule has 0 spiro atoms. The number of nitrogens with two attached hydrogens (primary N) is 1. The van der Waals surface area contributed by atoms with Crippen LogP contribution in [0.4, 0.5) is 5.69 Å². The molecule has 0 aliphatic carbocycles. The molecule has 1 unspecified atom stereocenters. The Bertz CT molecular complexity index is 399. The minimum absolute atomic E-state index is 0. The molecule has 110 valence electrons. The van der Waals surface area contributed by atoms with Crippen LogP contribution in [0.15, 0.2) is 21.1 Å². The second-order valence-electron chi connectivity index (χ2n) is 5.25. The van der Waals surface area contributed by atoms with Gasteiger partial charge in [-0.1, -0.05) is 0 Å². The molecule has 0 aromatic heterocycles. The first kappa shape index (κ1) is 19.2. The van der Waals surface area contributed by atoms with Gasteiger partial charge >= 0.3 is 0 Å². The number of hydrogen-bond donors (Lipinski definition) is 2. The van der Waals surface area contributed by atoms with Gasteiger partial charge in [-0.15, -0.1) is 12.4 Å². The van der Waals surface area contributed by atoms with Crippen molar-refractivity contribution in [1.82, 2.24) is 5.32 Å². The van der Waals surface area contributed by atoms with E-state index >= 15 is 0 Å². The Morgan fingerprint density at radius 1 is 1.26 bits per heavy atom. The van der Waals surface area contributed by atoms with E-state index < -0.39 is 0 Å². The summed E-state index contributed by atoms with van der Waals surface area (Å²) >= 11 is 6.91. The van der Waals surface area contributed by atoms with Crippen LogP contribution in [0.1, 0.15) is 32.4 Å². The third kappa shape index (κ3) is 6.00. The van der Waals surface area contributed by atoms with Gasteiger partial charge in [-0.05, 0) is 70.3 Å². The van der Waals surface area contributed by atoms with E-state index in [9.17, 15) is 0 Å². The second-order valence-corrected chi connectivity index (χ2v) is 6.96. The van der Waals surface area contributed by atoms with Crippen LogP contribution in [0, 0.1) is 0 Å². The van der Waals surface area contributed by atoms with Crippen molar-refractivity contribution in [1.29, 1.82) is 0 Å². The van der Waals surface area contributed by atoms with E-state index in [0.29, 0.717) is 5.69 Å². The van der Waals surface area contributed by atoms with Crippen molar-refractivity contribution < 1.29 is 4.74 Å². The Labute approximate surface area is 138 Å². The summed E-state index contributed by atoms with van der Waals surface area (Å²) in [4.78, 5) is 0. The lowest BCUT2D eigenvalue weighted by atomic mass is 10.1. The lowest BCUT2D eigenvalue weighted by Crippen LogP contribution is -2.38. The van der Waals surface area contributed by atoms with Crippen molar-refractivity contribution in [3.63, 3.8) is 0 Å². The molecule has 0 saturated carbocycles. The first-order chi connectivity index (χ1) is 8.24. The maximum atomic E-state index is 5.89. The van der Waals surface area contributed by atoms with Gasteiger partial charge in [-0.25, -0.2) is 0 Å². The number of ether oxygens (including phenoxy) is 1. The predicted molar refractivity (Wildman–Crippen MR) is 91.0 cm³/mol. The van der Waals surface area contributed by atoms with Crippen molar-refractivity contribution in [2.75, 3.05) is 19.4 Å². The van der Waals surface area contributed by atoms with Gasteiger partial charge in [0.05, 0.1) is 11.8 Å². The number of nitrogen functional groups attached to an aromatic ring is 1. The molecule has 0 fully saturated rings. The highest BCUT2D eigenvalue weighted by molar-refractivity contribution is 9.11. The van der Waals surface area contributed by atoms with Gasteiger partial charge in [0.2, 0.25) is 0 Å². The third-order valence-corrected chi connectivity index (χ3v) is 3.89. The van der Waals surface area contributed by atoms with Gasteiger partial charge in [0.25, 0.3) is 0 Å². The number of anilines is 1. The smallest absolute Gasteiger partial charge is 0.0946 e. The molecule has 3 N–H and O–H groups in total. The highest BCUT2D eigenvalue weighted by atomic mass is 79.9. The summed E-state index contributed by atoms with van der Waals surface area (Å²) in [6.45, 7) is 7.15. The zero-order chi connectivity index (χ0) is 13.9. The Balaban J connectivity index is 0.00000324. The molecule has 1 atom stereocenters. The van der Waals surface area contributed by atoms with Gasteiger partial charge in [0.1, 0.15) is 0 Å². The van der Waals surface area contributed by atoms with Crippen molar-refractivity contribution in [3.8, 4) is 0 Å². The zero-order valence-electron chi connectivity index (χ0n) is 11.6. The zero-order valence-corrected chi connectivity index (χ0v) is 15.6. The minimum atomic E-state index is -0.00238. The first-order valence-corrected chi connectivity index (χ1v) is 7.35. The molecular formula is C13H21Br2ClN2O. The van der Waals surface area contributed by atoms with Gasteiger partial charge < -0.3 is 15.8 Å². The Morgan fingerprint density at radius 2 is 1.74 bits per heavy atom. The molecule has 0 radical (unpaired) electrons. The molecule has 1 rings (SSSR count). The summed E-state index contributed by atoms with van der Waals surface area (Å²) < 4.78 is 7.30. The molecule has 0 amide bonds. The molecule has 19 heavy (non-hydrogen) atoms. The largest absolute Gasteiger partial charge is 0.397 e. The standard InChI is InChI=1S/C13H20Br2N2O.ClH/c1-13(2,3)17-7-11(18-4)8-5-9(14)12(16)10(15)6-8;/h5-6,11,17H,7,16H2,1-4H3;1H. The SMILES string of the molecule is COC(CNC(C)(C)C)c1cc(Br)c(N)c(Br)c1.Cl. The van der Waals surface area contributed by atoms with E-state index in [4.69, 9.17) is 10.5 Å². The molecule has 0 aliphatic heterocycles. The fourth-order valence-electron chi connectivity index (χ4n) is 1.53. The first-order valence-electron chi connectivity index (χ1n) is 5.77. The topological polar surface area (TPSA) is 47.3 Å². The molecule has 1 aromatic rings. The predicted octanol–water partition coefficient (Wildman–Crippen LogP) is 4.29. The number of halogens is 3. The number of benzene rings is 1. The lowest BCUT2D eigenvalue weighted by molar-refractivity contribution is 0.0958. The lowest BCUT2D eigenvalue weighted by Gasteiger charge is -2.25. The van der Waals surface area contributed by atoms with Crippen molar-refractivity contribution in [2.24, 2.45) is 0 Å². The summed E-state index contributed by atoms with van der Waals surface area (Å²) in [6.07, 6.45) is -0.00238. The molecule has 6 heteroatoms. The van der Waals surface area contributed by atoms with Crippen LogP contribution in [-0.4, -0.2) is 19.2 Å². The quantitative estimate of drug-likeness (QED) is 0.720. The van der Waals surface area contributed by atoms with Crippen LogP contribution >= 0.6 is 44.3 Å². The van der Waals surface area contributed by atoms with Crippen molar-refractivity contribution in [2.45, 2.75) is 32.4 Å². The summed E-state index contributed by atoms with van der Waals surface area (Å²) in [5.41, 5.74) is 7.75. The van der Waals surface area contributed by atoms with Crippen LogP contribution in [-0.2, 0) is 4.74 Å². The van der Waals surface area contributed by atoms with Gasteiger partial charge in [0.15, 0.2) is 0 Å². The van der Waals surface area contributed by atoms with Crippen LogP contribution in [0.2, 0.25) is 0 Å². The molecule has 0 bridgehead atoms. The van der Waals surface area contributed by atoms with E-state index in [1.54, 1.807) is 7.11 Å². The van der Waals surface area contributed by atoms with E-state index in [-0.39, 0.29) is 24.0 Å². The van der Waals surface area contributed by atoms with Crippen LogP contribution in [0.3, 0.4) is 0 Å². The number of rotatable bonds is 4. The molecule has 0 aliphatic rings. The minimum Gasteiger partial charge on any atom is -0.397 e. The summed E-state index contributed by atoms with van der Waals surface area (Å²) in [6, 6.07) is 4.00. The molecule has 3 nitrogen and oxygen atoms in total. The van der Waals surface area contributed by atoms with Crippen LogP contribution < -0.4 is 11.1 Å². The molecular weight excluding hydrogens is 395 g/mol. The fourth-order valence-corrected chi connectivity index (χ4v) is 2.75. The molecule has 0 heterocycles. The van der Waals surface area contributed by atoms with Crippen molar-refractivity contribution >= 4 is 50.0 Å². The fraction of sp³-hybridized carbons (Fsp3) is 0.538. The van der Waals surface area contributed by atoms with Crippen LogP contribution in [0.5, 0.6) is 0 Å². The Hall–Kier alpha value is 0.190. The number of hydrogen-bond acceptors (Lipinski definition) is 3. The van der Waals surface area contributed by atoms with E-state index in [2.05, 4.69) is 57.9 Å². The summed E-state index contributed by atoms with van der Waals surface area (Å²) in [5.74, 6) is 0. The van der Waals surface area contributed by atoms with E-state index in [1.165, 1.54) is 0 Å². The second kappa shape index (κ2) is 7.84. The van der Waals surface area contributed by atoms with E-state index in [1.807, 2.05) is 12.1 Å². The van der Waals surface area contributed by atoms with E-state index in [0.717, 1.165) is 21.1 Å². The maximum Gasteiger partial charge on any atom is 0.0946 e. The third-order valence-electron chi connectivity index (χ3n) is 2.58. The normalized spacial score (nSPS) is 12.9. The van der Waals surface area contributed by atoms with Crippen molar-refractivity contribution in [3.05, 3.63) is 26.6 Å². The number of methoxy groups -OCH3 is 1. The summed E-state index contributed by atoms with van der Waals surface area (Å²) in [7, 11) is 1.72. The van der Waals surface area contributed by atoms with Gasteiger partial charge in [-0.2, -0.15) is 0 Å². The Morgan fingerprint density at radius 3 is 2.11 bits per heavy atom. The monoisotopic (exact) mass is 414 g/mol. The average Bonchev–Trinajstić information content (AvgIpc) is 2.25. The maximum absolute atomic E-state index is 5.89.